The topological polar surface area (TPSA) is 20.2 Å². The Morgan fingerprint density at radius 2 is 1.87 bits per heavy atom. The van der Waals surface area contributed by atoms with Crippen LogP contribution < -0.4 is 0 Å². The van der Waals surface area contributed by atoms with Gasteiger partial charge in [0.1, 0.15) is 0 Å². The van der Waals surface area contributed by atoms with Gasteiger partial charge in [-0.15, -0.1) is 0 Å². The molecule has 1 heteroatoms. The Kier molecular flexibility index (Phi) is 4.83. The second-order valence-electron chi connectivity index (χ2n) is 4.26. The first-order valence-electron chi connectivity index (χ1n) is 5.96. The number of benzene rings is 1. The Hall–Kier alpha value is -0.820. The number of hydrogen-bond acceptors (Lipinski definition) is 1. The lowest BCUT2D eigenvalue weighted by Crippen LogP contribution is -2.11. The summed E-state index contributed by atoms with van der Waals surface area (Å²) in [6.07, 6.45) is 2.90. The molecular weight excluding hydrogens is 184 g/mol. The lowest BCUT2D eigenvalue weighted by atomic mass is 9.90. The van der Waals surface area contributed by atoms with Crippen LogP contribution in [0, 0.1) is 5.92 Å². The first kappa shape index (κ1) is 12.3. The first-order chi connectivity index (χ1) is 7.20. The molecule has 0 fully saturated rings. The van der Waals surface area contributed by atoms with Crippen molar-refractivity contribution in [1.82, 2.24) is 0 Å². The fourth-order valence-corrected chi connectivity index (χ4v) is 2.06. The van der Waals surface area contributed by atoms with E-state index in [1.165, 1.54) is 5.56 Å². The minimum Gasteiger partial charge on any atom is -0.388 e. The number of aliphatic hydroxyl groups excluding tert-OH is 1. The third kappa shape index (κ3) is 3.07. The summed E-state index contributed by atoms with van der Waals surface area (Å²) in [5, 5.41) is 10.2. The van der Waals surface area contributed by atoms with E-state index >= 15 is 0 Å². The van der Waals surface area contributed by atoms with Gasteiger partial charge in [-0.3, -0.25) is 0 Å². The molecule has 1 nitrogen and oxygen atoms in total. The summed E-state index contributed by atoms with van der Waals surface area (Å²) < 4.78 is 0. The number of hydrogen-bond donors (Lipinski definition) is 1. The van der Waals surface area contributed by atoms with E-state index in [1.54, 1.807) is 0 Å². The minimum absolute atomic E-state index is 0.305. The van der Waals surface area contributed by atoms with Gasteiger partial charge in [0.25, 0.3) is 0 Å². The maximum absolute atomic E-state index is 10.2. The SMILES string of the molecule is CCCC(C)C(O)c1ccccc1CC. The van der Waals surface area contributed by atoms with E-state index < -0.39 is 0 Å². The first-order valence-corrected chi connectivity index (χ1v) is 5.96. The highest BCUT2D eigenvalue weighted by atomic mass is 16.3. The fourth-order valence-electron chi connectivity index (χ4n) is 2.06. The molecule has 0 amide bonds. The average molecular weight is 206 g/mol. The van der Waals surface area contributed by atoms with Crippen LogP contribution in [0.25, 0.3) is 0 Å². The number of aryl methyl sites for hydroxylation is 1. The lowest BCUT2D eigenvalue weighted by Gasteiger charge is -2.21. The van der Waals surface area contributed by atoms with Gasteiger partial charge in [0, 0.05) is 0 Å². The molecule has 2 atom stereocenters. The molecular formula is C14H22O. The Labute approximate surface area is 93.1 Å². The van der Waals surface area contributed by atoms with E-state index in [9.17, 15) is 5.11 Å². The standard InChI is InChI=1S/C14H22O/c1-4-8-11(3)14(15)13-10-7-6-9-12(13)5-2/h6-7,9-11,14-15H,4-5,8H2,1-3H3. The summed E-state index contributed by atoms with van der Waals surface area (Å²) in [6, 6.07) is 8.21. The van der Waals surface area contributed by atoms with Crippen LogP contribution in [-0.2, 0) is 6.42 Å². The van der Waals surface area contributed by atoms with Crippen LogP contribution in [0.1, 0.15) is 50.8 Å². The van der Waals surface area contributed by atoms with Gasteiger partial charge < -0.3 is 5.11 Å². The zero-order valence-corrected chi connectivity index (χ0v) is 10.0. The molecule has 0 saturated carbocycles. The van der Waals surface area contributed by atoms with Crippen LogP contribution in [0.5, 0.6) is 0 Å². The van der Waals surface area contributed by atoms with Crippen molar-refractivity contribution in [3.05, 3.63) is 35.4 Å². The Morgan fingerprint density at radius 3 is 2.47 bits per heavy atom. The van der Waals surface area contributed by atoms with Crippen molar-refractivity contribution >= 4 is 0 Å². The molecule has 2 unspecified atom stereocenters. The highest BCUT2D eigenvalue weighted by Crippen LogP contribution is 2.27. The second-order valence-corrected chi connectivity index (χ2v) is 4.26. The van der Waals surface area contributed by atoms with Crippen molar-refractivity contribution in [3.63, 3.8) is 0 Å². The molecule has 0 aliphatic heterocycles. The quantitative estimate of drug-likeness (QED) is 0.778. The predicted molar refractivity (Wildman–Crippen MR) is 64.9 cm³/mol. The van der Waals surface area contributed by atoms with Crippen molar-refractivity contribution < 1.29 is 5.11 Å². The molecule has 0 radical (unpaired) electrons. The van der Waals surface area contributed by atoms with Gasteiger partial charge in [-0.25, -0.2) is 0 Å². The monoisotopic (exact) mass is 206 g/mol. The normalized spacial score (nSPS) is 14.9. The Balaban J connectivity index is 2.84. The highest BCUT2D eigenvalue weighted by molar-refractivity contribution is 5.29. The van der Waals surface area contributed by atoms with E-state index in [0.717, 1.165) is 24.8 Å². The molecule has 0 saturated heterocycles. The summed E-state index contributed by atoms with van der Waals surface area (Å²) in [5.74, 6) is 0.350. The van der Waals surface area contributed by atoms with Crippen molar-refractivity contribution in [1.29, 1.82) is 0 Å². The molecule has 0 spiro atoms. The van der Waals surface area contributed by atoms with Gasteiger partial charge >= 0.3 is 0 Å². The third-order valence-corrected chi connectivity index (χ3v) is 3.04. The summed E-state index contributed by atoms with van der Waals surface area (Å²) in [4.78, 5) is 0. The minimum atomic E-state index is -0.305. The molecule has 0 aliphatic carbocycles. The molecule has 0 aromatic heterocycles. The zero-order chi connectivity index (χ0) is 11.3. The molecule has 1 rings (SSSR count). The smallest absolute Gasteiger partial charge is 0.0818 e. The van der Waals surface area contributed by atoms with Gasteiger partial charge in [0.2, 0.25) is 0 Å². The molecule has 15 heavy (non-hydrogen) atoms. The average Bonchev–Trinajstić information content (AvgIpc) is 2.28. The van der Waals surface area contributed by atoms with Crippen LogP contribution in [0.2, 0.25) is 0 Å². The van der Waals surface area contributed by atoms with E-state index in [0.29, 0.717) is 5.92 Å². The summed E-state index contributed by atoms with van der Waals surface area (Å²) in [6.45, 7) is 6.42. The zero-order valence-electron chi connectivity index (χ0n) is 10.0. The highest BCUT2D eigenvalue weighted by Gasteiger charge is 2.17. The maximum Gasteiger partial charge on any atom is 0.0818 e. The molecule has 84 valence electrons. The van der Waals surface area contributed by atoms with Gasteiger partial charge in [-0.05, 0) is 29.9 Å². The summed E-state index contributed by atoms with van der Waals surface area (Å²) in [5.41, 5.74) is 2.38. The molecule has 1 aromatic carbocycles. The fraction of sp³-hybridized carbons (Fsp3) is 0.571. The maximum atomic E-state index is 10.2. The molecule has 1 N–H and O–H groups in total. The van der Waals surface area contributed by atoms with Gasteiger partial charge in [0.05, 0.1) is 6.10 Å². The van der Waals surface area contributed by atoms with Crippen molar-refractivity contribution in [2.75, 3.05) is 0 Å². The van der Waals surface area contributed by atoms with Crippen molar-refractivity contribution in [2.45, 2.75) is 46.1 Å². The van der Waals surface area contributed by atoms with Crippen LogP contribution in [-0.4, -0.2) is 5.11 Å². The van der Waals surface area contributed by atoms with E-state index in [-0.39, 0.29) is 6.10 Å². The summed E-state index contributed by atoms with van der Waals surface area (Å²) in [7, 11) is 0. The van der Waals surface area contributed by atoms with Gasteiger partial charge in [0.15, 0.2) is 0 Å². The number of rotatable bonds is 5. The molecule has 1 aromatic rings. The summed E-state index contributed by atoms with van der Waals surface area (Å²) >= 11 is 0. The van der Waals surface area contributed by atoms with Crippen molar-refractivity contribution in [3.8, 4) is 0 Å². The van der Waals surface area contributed by atoms with Crippen LogP contribution in [0.3, 0.4) is 0 Å². The van der Waals surface area contributed by atoms with Crippen LogP contribution in [0.15, 0.2) is 24.3 Å². The molecule has 0 heterocycles. The molecule has 0 aliphatic rings. The number of aliphatic hydroxyl groups is 1. The Morgan fingerprint density at radius 1 is 1.20 bits per heavy atom. The third-order valence-electron chi connectivity index (χ3n) is 3.04. The van der Waals surface area contributed by atoms with Gasteiger partial charge in [-0.2, -0.15) is 0 Å². The van der Waals surface area contributed by atoms with Crippen molar-refractivity contribution in [2.24, 2.45) is 5.92 Å². The second kappa shape index (κ2) is 5.92. The molecule has 0 bridgehead atoms. The van der Waals surface area contributed by atoms with E-state index in [4.69, 9.17) is 0 Å². The Bertz CT molecular complexity index is 293. The van der Waals surface area contributed by atoms with Gasteiger partial charge in [-0.1, -0.05) is 51.5 Å². The largest absolute Gasteiger partial charge is 0.388 e. The van der Waals surface area contributed by atoms with E-state index in [2.05, 4.69) is 32.9 Å². The van der Waals surface area contributed by atoms with E-state index in [1.807, 2.05) is 12.1 Å². The lowest BCUT2D eigenvalue weighted by molar-refractivity contribution is 0.111. The predicted octanol–water partition coefficient (Wildman–Crippen LogP) is 3.72. The van der Waals surface area contributed by atoms with Crippen LogP contribution in [0.4, 0.5) is 0 Å². The van der Waals surface area contributed by atoms with Crippen LogP contribution >= 0.6 is 0 Å².